The molecule has 1 atom stereocenters. The van der Waals surface area contributed by atoms with Crippen LogP contribution in [0.15, 0.2) is 146 Å². The molecule has 0 bridgehead atoms. The number of benzene rings is 4. The van der Waals surface area contributed by atoms with Gasteiger partial charge in [-0.15, -0.1) is 0 Å². The second-order valence-corrected chi connectivity index (χ2v) is 13.4. The molecule has 1 aliphatic carbocycles. The van der Waals surface area contributed by atoms with E-state index in [0.29, 0.717) is 5.69 Å². The first-order chi connectivity index (χ1) is 25.2. The molecule has 6 aromatic rings. The van der Waals surface area contributed by atoms with E-state index in [1.165, 1.54) is 52.7 Å². The maximum Gasteiger partial charge on any atom is 0.335 e. The van der Waals surface area contributed by atoms with Crippen LogP contribution in [0, 0.1) is 0 Å². The van der Waals surface area contributed by atoms with Gasteiger partial charge < -0.3 is 20.4 Å². The third-order valence-corrected chi connectivity index (χ3v) is 9.84. The van der Waals surface area contributed by atoms with Gasteiger partial charge in [0.2, 0.25) is 0 Å². The summed E-state index contributed by atoms with van der Waals surface area (Å²) in [6.07, 6.45) is 7.26. The van der Waals surface area contributed by atoms with Gasteiger partial charge >= 0.3 is 11.9 Å². The van der Waals surface area contributed by atoms with Gasteiger partial charge in [-0.05, 0) is 118 Å². The Morgan fingerprint density at radius 1 is 0.692 bits per heavy atom. The molecule has 254 valence electrons. The number of fused-ring (bicyclic) bond motifs is 3. The van der Waals surface area contributed by atoms with Gasteiger partial charge in [-0.3, -0.25) is 4.98 Å². The molecular weight excluding hydrogens is 649 g/mol. The third-order valence-electron chi connectivity index (χ3n) is 9.84. The lowest BCUT2D eigenvalue weighted by Crippen LogP contribution is -2.19. The minimum atomic E-state index is -1.12. The Bertz CT molecular complexity index is 2400. The number of dihydropyridines is 1. The van der Waals surface area contributed by atoms with Gasteiger partial charge in [0.15, 0.2) is 0 Å². The number of aromatic nitrogens is 2. The molecule has 1 aliphatic heterocycles. The van der Waals surface area contributed by atoms with Crippen LogP contribution in [0.4, 0.5) is 17.1 Å². The van der Waals surface area contributed by atoms with Crippen molar-refractivity contribution in [2.24, 2.45) is 0 Å². The molecule has 8 nitrogen and oxygen atoms in total. The number of carboxylic acids is 2. The summed E-state index contributed by atoms with van der Waals surface area (Å²) in [4.78, 5) is 35.1. The summed E-state index contributed by atoms with van der Waals surface area (Å²) in [6, 6.07) is 39.4. The van der Waals surface area contributed by atoms with E-state index in [1.54, 1.807) is 0 Å². The van der Waals surface area contributed by atoms with Crippen molar-refractivity contribution < 1.29 is 19.8 Å². The first-order valence-corrected chi connectivity index (χ1v) is 17.0. The Labute approximate surface area is 301 Å². The predicted octanol–water partition coefficient (Wildman–Crippen LogP) is 9.56. The van der Waals surface area contributed by atoms with E-state index in [4.69, 9.17) is 4.98 Å². The summed E-state index contributed by atoms with van der Waals surface area (Å²) in [6.45, 7) is 4.54. The first-order valence-electron chi connectivity index (χ1n) is 17.0. The van der Waals surface area contributed by atoms with Crippen molar-refractivity contribution in [3.8, 4) is 22.5 Å². The van der Waals surface area contributed by atoms with Crippen LogP contribution in [0.1, 0.15) is 63.0 Å². The number of rotatable bonds is 8. The molecular formula is C44H34N4O4. The predicted molar refractivity (Wildman–Crippen MR) is 203 cm³/mol. The Balaban J connectivity index is 1.15. The molecule has 52 heavy (non-hydrogen) atoms. The molecule has 0 spiro atoms. The molecule has 2 aliphatic rings. The maximum atomic E-state index is 12.2. The molecule has 0 amide bonds. The number of aromatic carboxylic acids is 2. The molecule has 1 unspecified atom stereocenters. The number of hydrogen-bond donors (Lipinski definition) is 3. The lowest BCUT2D eigenvalue weighted by Gasteiger charge is -2.28. The molecule has 8 rings (SSSR count). The van der Waals surface area contributed by atoms with E-state index in [1.807, 2.05) is 30.5 Å². The number of nitrogens with zero attached hydrogens (tertiary/aromatic N) is 3. The normalized spacial score (nSPS) is 15.2. The van der Waals surface area contributed by atoms with E-state index in [9.17, 15) is 19.8 Å². The molecule has 0 radical (unpaired) electrons. The highest BCUT2D eigenvalue weighted by molar-refractivity contribution is 5.91. The summed E-state index contributed by atoms with van der Waals surface area (Å²) in [5.41, 5.74) is 11.0. The largest absolute Gasteiger partial charge is 0.478 e. The van der Waals surface area contributed by atoms with Crippen LogP contribution in [0.3, 0.4) is 0 Å². The minimum Gasteiger partial charge on any atom is -0.478 e. The summed E-state index contributed by atoms with van der Waals surface area (Å²) >= 11 is 0. The fourth-order valence-corrected chi connectivity index (χ4v) is 7.20. The van der Waals surface area contributed by atoms with Crippen LogP contribution in [0.2, 0.25) is 0 Å². The molecule has 2 aromatic heterocycles. The molecule has 3 N–H and O–H groups in total. The SMILES string of the molecule is CC1(C)c2cc(C3=CC(c4cc(C(=O)O)cc(-c5cc(C(=O)O)ccn5)n4)NC=C3)ccc2-c2ccc(N(c3ccccc3)c3ccccc3)cc21. The Hall–Kier alpha value is -6.80. The fourth-order valence-electron chi connectivity index (χ4n) is 7.20. The van der Waals surface area contributed by atoms with Crippen LogP contribution < -0.4 is 10.2 Å². The van der Waals surface area contributed by atoms with Crippen LogP contribution in [-0.4, -0.2) is 32.1 Å². The molecule has 4 aromatic carbocycles. The number of carboxylic acid groups (broad SMARTS) is 2. The number of allylic oxidation sites excluding steroid dienone is 2. The summed E-state index contributed by atoms with van der Waals surface area (Å²) in [7, 11) is 0. The van der Waals surface area contributed by atoms with Gasteiger partial charge in [0.25, 0.3) is 0 Å². The quantitative estimate of drug-likeness (QED) is 0.145. The summed E-state index contributed by atoms with van der Waals surface area (Å²) in [5.74, 6) is -2.22. The van der Waals surface area contributed by atoms with Gasteiger partial charge in [0.1, 0.15) is 0 Å². The fraction of sp³-hybridized carbons (Fsp3) is 0.0909. The third kappa shape index (κ3) is 5.80. The van der Waals surface area contributed by atoms with Gasteiger partial charge in [-0.2, -0.15) is 0 Å². The smallest absolute Gasteiger partial charge is 0.335 e. The average molecular weight is 683 g/mol. The van der Waals surface area contributed by atoms with Gasteiger partial charge in [0, 0.05) is 28.7 Å². The number of hydrogen-bond acceptors (Lipinski definition) is 6. The highest BCUT2D eigenvalue weighted by Crippen LogP contribution is 2.51. The van der Waals surface area contributed by atoms with Crippen molar-refractivity contribution in [3.63, 3.8) is 0 Å². The van der Waals surface area contributed by atoms with Crippen LogP contribution in [0.25, 0.3) is 28.1 Å². The van der Waals surface area contributed by atoms with E-state index in [-0.39, 0.29) is 27.9 Å². The monoisotopic (exact) mass is 682 g/mol. The van der Waals surface area contributed by atoms with Crippen molar-refractivity contribution in [1.82, 2.24) is 15.3 Å². The van der Waals surface area contributed by atoms with E-state index in [0.717, 1.165) is 28.2 Å². The number of pyridine rings is 2. The number of nitrogens with one attached hydrogen (secondary N) is 1. The van der Waals surface area contributed by atoms with Crippen molar-refractivity contribution in [2.75, 3.05) is 4.90 Å². The maximum absolute atomic E-state index is 12.2. The molecule has 0 saturated carbocycles. The van der Waals surface area contributed by atoms with Crippen molar-refractivity contribution in [2.45, 2.75) is 25.3 Å². The second kappa shape index (κ2) is 12.8. The Morgan fingerprint density at radius 3 is 2.00 bits per heavy atom. The van der Waals surface area contributed by atoms with Crippen molar-refractivity contribution in [3.05, 3.63) is 179 Å². The van der Waals surface area contributed by atoms with E-state index >= 15 is 0 Å². The van der Waals surface area contributed by atoms with E-state index < -0.39 is 18.0 Å². The highest BCUT2D eigenvalue weighted by Gasteiger charge is 2.36. The summed E-state index contributed by atoms with van der Waals surface area (Å²) in [5, 5.41) is 22.7. The zero-order valence-corrected chi connectivity index (χ0v) is 28.5. The molecule has 0 fully saturated rings. The lowest BCUT2D eigenvalue weighted by atomic mass is 9.81. The van der Waals surface area contributed by atoms with Crippen LogP contribution in [-0.2, 0) is 5.41 Å². The zero-order valence-electron chi connectivity index (χ0n) is 28.5. The molecule has 3 heterocycles. The molecule has 8 heteroatoms. The Kier molecular flexibility index (Phi) is 7.99. The standard InChI is InChI=1S/C44H34N4O4/c1-44(2)36-21-27(13-15-34(36)35-16-14-33(26-37(35)44)48(31-9-5-3-6-10-31)32-11-7-4-8-12-32)28-17-19-45-38(22-28)40-24-30(43(51)52)25-41(47-40)39-23-29(42(49)50)18-20-46-39/h3-26,38,45H,1-2H3,(H,49,50)(H,51,52). The average Bonchev–Trinajstić information content (AvgIpc) is 3.40. The number of carbonyl (C=O) groups is 2. The Morgan fingerprint density at radius 2 is 1.33 bits per heavy atom. The topological polar surface area (TPSA) is 116 Å². The molecule has 0 saturated heterocycles. The number of para-hydroxylation sites is 2. The van der Waals surface area contributed by atoms with Gasteiger partial charge in [-0.25, -0.2) is 14.6 Å². The minimum absolute atomic E-state index is 0.0309. The van der Waals surface area contributed by atoms with Gasteiger partial charge in [0.05, 0.1) is 34.3 Å². The van der Waals surface area contributed by atoms with E-state index in [2.05, 4.69) is 114 Å². The lowest BCUT2D eigenvalue weighted by molar-refractivity contribution is 0.0685. The second-order valence-electron chi connectivity index (χ2n) is 13.4. The summed E-state index contributed by atoms with van der Waals surface area (Å²) < 4.78 is 0. The first kappa shape index (κ1) is 32.4. The number of anilines is 3. The van der Waals surface area contributed by atoms with Crippen molar-refractivity contribution >= 4 is 34.6 Å². The van der Waals surface area contributed by atoms with Crippen LogP contribution in [0.5, 0.6) is 0 Å². The van der Waals surface area contributed by atoms with Crippen LogP contribution >= 0.6 is 0 Å². The van der Waals surface area contributed by atoms with Crippen molar-refractivity contribution in [1.29, 1.82) is 0 Å². The highest BCUT2D eigenvalue weighted by atomic mass is 16.4. The zero-order chi connectivity index (χ0) is 36.0. The van der Waals surface area contributed by atoms with Gasteiger partial charge in [-0.1, -0.05) is 68.4 Å².